The molecule has 2 nitrogen and oxygen atoms in total. The average Bonchev–Trinajstić information content (AvgIpc) is 2.18. The van der Waals surface area contributed by atoms with Crippen molar-refractivity contribution in [2.75, 3.05) is 0 Å². The van der Waals surface area contributed by atoms with Gasteiger partial charge in [0.15, 0.2) is 12.2 Å². The maximum atomic E-state index is 9.34. The van der Waals surface area contributed by atoms with Crippen LogP contribution in [0.2, 0.25) is 0 Å². The molecule has 0 aromatic rings. The fourth-order valence-corrected chi connectivity index (χ4v) is 1.29. The summed E-state index contributed by atoms with van der Waals surface area (Å²) in [6.45, 7) is 0. The van der Waals surface area contributed by atoms with Crippen molar-refractivity contribution in [1.29, 1.82) is 0 Å². The van der Waals surface area contributed by atoms with Gasteiger partial charge in [-0.05, 0) is 12.8 Å². The Balaban J connectivity index is 2.54. The third-order valence-corrected chi connectivity index (χ3v) is 2.15. The SMILES string of the molecule is OC1C#CCCCCCCC#CC1O. The van der Waals surface area contributed by atoms with Gasteiger partial charge in [0.25, 0.3) is 0 Å². The quantitative estimate of drug-likeness (QED) is 0.564. The zero-order valence-electron chi connectivity index (χ0n) is 8.29. The Kier molecular flexibility index (Phi) is 5.15. The first-order valence-electron chi connectivity index (χ1n) is 5.13. The van der Waals surface area contributed by atoms with Crippen LogP contribution < -0.4 is 0 Å². The second-order valence-corrected chi connectivity index (χ2v) is 3.45. The predicted molar refractivity (Wildman–Crippen MR) is 55.3 cm³/mol. The van der Waals surface area contributed by atoms with E-state index in [1.54, 1.807) is 0 Å². The highest BCUT2D eigenvalue weighted by atomic mass is 16.3. The Hall–Kier alpha value is -0.960. The van der Waals surface area contributed by atoms with Gasteiger partial charge in [-0.2, -0.15) is 0 Å². The van der Waals surface area contributed by atoms with E-state index in [1.807, 2.05) is 0 Å². The van der Waals surface area contributed by atoms with Gasteiger partial charge in [0.2, 0.25) is 0 Å². The van der Waals surface area contributed by atoms with Crippen LogP contribution in [0.1, 0.15) is 38.5 Å². The molecule has 0 fully saturated rings. The molecule has 0 bridgehead atoms. The van der Waals surface area contributed by atoms with E-state index in [1.165, 1.54) is 12.8 Å². The first-order chi connectivity index (χ1) is 6.80. The summed E-state index contributed by atoms with van der Waals surface area (Å²) in [4.78, 5) is 0. The molecule has 0 saturated carbocycles. The minimum absolute atomic E-state index is 0.803. The molecule has 0 aromatic carbocycles. The molecule has 0 aromatic heterocycles. The van der Waals surface area contributed by atoms with Crippen molar-refractivity contribution in [3.63, 3.8) is 0 Å². The normalized spacial score (nSPS) is 28.4. The summed E-state index contributed by atoms with van der Waals surface area (Å²) in [5.74, 6) is 10.9. The smallest absolute Gasteiger partial charge is 0.151 e. The van der Waals surface area contributed by atoms with Crippen LogP contribution in [0.5, 0.6) is 0 Å². The number of hydrogen-bond acceptors (Lipinski definition) is 2. The van der Waals surface area contributed by atoms with Crippen molar-refractivity contribution in [3.05, 3.63) is 0 Å². The van der Waals surface area contributed by atoms with E-state index in [2.05, 4.69) is 23.7 Å². The van der Waals surface area contributed by atoms with Gasteiger partial charge < -0.3 is 10.2 Å². The maximum absolute atomic E-state index is 9.34. The molecule has 2 N–H and O–H groups in total. The van der Waals surface area contributed by atoms with Gasteiger partial charge >= 0.3 is 0 Å². The van der Waals surface area contributed by atoms with Crippen molar-refractivity contribution in [2.45, 2.75) is 50.7 Å². The molecule has 0 heterocycles. The molecule has 1 rings (SSSR count). The lowest BCUT2D eigenvalue weighted by molar-refractivity contribution is 0.0931. The Morgan fingerprint density at radius 1 is 0.714 bits per heavy atom. The second kappa shape index (κ2) is 6.49. The van der Waals surface area contributed by atoms with Crippen LogP contribution in [0, 0.1) is 23.7 Å². The molecule has 1 aliphatic carbocycles. The minimum atomic E-state index is -1.01. The monoisotopic (exact) mass is 192 g/mol. The lowest BCUT2D eigenvalue weighted by atomic mass is 10.1. The molecule has 0 spiro atoms. The van der Waals surface area contributed by atoms with Gasteiger partial charge in [0.05, 0.1) is 0 Å². The largest absolute Gasteiger partial charge is 0.377 e. The van der Waals surface area contributed by atoms with Crippen LogP contribution in [-0.4, -0.2) is 22.4 Å². The lowest BCUT2D eigenvalue weighted by Crippen LogP contribution is -2.22. The van der Waals surface area contributed by atoms with Gasteiger partial charge in [-0.25, -0.2) is 0 Å². The summed E-state index contributed by atoms with van der Waals surface area (Å²) in [6.07, 6.45) is 4.08. The van der Waals surface area contributed by atoms with Crippen LogP contribution >= 0.6 is 0 Å². The minimum Gasteiger partial charge on any atom is -0.377 e. The summed E-state index contributed by atoms with van der Waals surface area (Å²) < 4.78 is 0. The summed E-state index contributed by atoms with van der Waals surface area (Å²) in [7, 11) is 0. The van der Waals surface area contributed by atoms with E-state index in [0.717, 1.165) is 25.7 Å². The summed E-state index contributed by atoms with van der Waals surface area (Å²) in [6, 6.07) is 0. The predicted octanol–water partition coefficient (Wildman–Crippen LogP) is 1.07. The van der Waals surface area contributed by atoms with E-state index in [-0.39, 0.29) is 0 Å². The molecule has 0 saturated heterocycles. The Bertz CT molecular complexity index is 244. The second-order valence-electron chi connectivity index (χ2n) is 3.45. The van der Waals surface area contributed by atoms with Gasteiger partial charge in [0.1, 0.15) is 0 Å². The molecule has 2 heteroatoms. The number of hydrogen-bond donors (Lipinski definition) is 2. The number of aliphatic hydroxyl groups is 2. The van der Waals surface area contributed by atoms with Gasteiger partial charge in [-0.1, -0.05) is 24.7 Å². The molecule has 2 atom stereocenters. The molecule has 0 aliphatic heterocycles. The highest BCUT2D eigenvalue weighted by molar-refractivity contribution is 5.16. The molecule has 2 unspecified atom stereocenters. The third kappa shape index (κ3) is 4.33. The van der Waals surface area contributed by atoms with Gasteiger partial charge in [0, 0.05) is 12.8 Å². The van der Waals surface area contributed by atoms with E-state index < -0.39 is 12.2 Å². The van der Waals surface area contributed by atoms with Gasteiger partial charge in [-0.3, -0.25) is 0 Å². The topological polar surface area (TPSA) is 40.5 Å². The van der Waals surface area contributed by atoms with Crippen molar-refractivity contribution in [2.24, 2.45) is 0 Å². The van der Waals surface area contributed by atoms with Crippen molar-refractivity contribution in [1.82, 2.24) is 0 Å². The molecular formula is C12H16O2. The fraction of sp³-hybridized carbons (Fsp3) is 0.667. The molecule has 0 radical (unpaired) electrons. The summed E-state index contributed by atoms with van der Waals surface area (Å²) in [5, 5.41) is 18.7. The zero-order valence-corrected chi connectivity index (χ0v) is 8.29. The number of rotatable bonds is 0. The fourth-order valence-electron chi connectivity index (χ4n) is 1.29. The third-order valence-electron chi connectivity index (χ3n) is 2.15. The standard InChI is InChI=1S/C12H16O2/c13-11-9-7-5-3-1-2-4-6-8-10-12(11)14/h11-14H,1-6H2. The summed E-state index contributed by atoms with van der Waals surface area (Å²) in [5.41, 5.74) is 0. The first kappa shape index (κ1) is 11.1. The van der Waals surface area contributed by atoms with Crippen molar-refractivity contribution < 1.29 is 10.2 Å². The highest BCUT2D eigenvalue weighted by Crippen LogP contribution is 2.05. The van der Waals surface area contributed by atoms with E-state index in [9.17, 15) is 10.2 Å². The van der Waals surface area contributed by atoms with Gasteiger partial charge in [-0.15, -0.1) is 11.8 Å². The Morgan fingerprint density at radius 3 is 1.57 bits per heavy atom. The first-order valence-corrected chi connectivity index (χ1v) is 5.13. The maximum Gasteiger partial charge on any atom is 0.151 e. The van der Waals surface area contributed by atoms with Crippen molar-refractivity contribution in [3.8, 4) is 23.7 Å². The van der Waals surface area contributed by atoms with Crippen LogP contribution in [0.3, 0.4) is 0 Å². The zero-order chi connectivity index (χ0) is 10.2. The van der Waals surface area contributed by atoms with E-state index >= 15 is 0 Å². The van der Waals surface area contributed by atoms with Crippen LogP contribution in [-0.2, 0) is 0 Å². The highest BCUT2D eigenvalue weighted by Gasteiger charge is 2.09. The van der Waals surface area contributed by atoms with Crippen LogP contribution in [0.25, 0.3) is 0 Å². The van der Waals surface area contributed by atoms with E-state index in [0.29, 0.717) is 0 Å². The molecule has 0 amide bonds. The summed E-state index contributed by atoms with van der Waals surface area (Å²) >= 11 is 0. The molecule has 14 heavy (non-hydrogen) atoms. The van der Waals surface area contributed by atoms with Crippen LogP contribution in [0.4, 0.5) is 0 Å². The molecule has 76 valence electrons. The average molecular weight is 192 g/mol. The lowest BCUT2D eigenvalue weighted by Gasteiger charge is -2.05. The Labute approximate surface area is 85.3 Å². The molecule has 1 aliphatic rings. The Morgan fingerprint density at radius 2 is 1.14 bits per heavy atom. The van der Waals surface area contributed by atoms with Crippen molar-refractivity contribution >= 4 is 0 Å². The molecular weight excluding hydrogens is 176 g/mol. The van der Waals surface area contributed by atoms with E-state index in [4.69, 9.17) is 0 Å². The number of aliphatic hydroxyl groups excluding tert-OH is 2. The van der Waals surface area contributed by atoms with Crippen LogP contribution in [0.15, 0.2) is 0 Å².